The highest BCUT2D eigenvalue weighted by Gasteiger charge is 2.01. The minimum Gasteiger partial charge on any atom is -0.363 e. The minimum absolute atomic E-state index is 0.673. The van der Waals surface area contributed by atoms with E-state index in [0.717, 1.165) is 30.8 Å². The van der Waals surface area contributed by atoms with Gasteiger partial charge in [-0.2, -0.15) is 10.2 Å². The lowest BCUT2D eigenvalue weighted by molar-refractivity contribution is 0.556. The molecule has 2 aromatic heterocycles. The molecule has 0 saturated carbocycles. The summed E-state index contributed by atoms with van der Waals surface area (Å²) >= 11 is 5.25. The summed E-state index contributed by atoms with van der Waals surface area (Å²) in [4.78, 5) is 0. The van der Waals surface area contributed by atoms with Gasteiger partial charge in [0.15, 0.2) is 5.11 Å². The first-order chi connectivity index (χ1) is 10.0. The Labute approximate surface area is 130 Å². The normalized spacial score (nSPS) is 10.6. The number of nitrogens with zero attached hydrogens (tertiary/aromatic N) is 4. The summed E-state index contributed by atoms with van der Waals surface area (Å²) in [5.41, 5.74) is 3.38. The molecule has 0 aliphatic rings. The fraction of sp³-hybridized carbons (Fsp3) is 0.500. The Morgan fingerprint density at radius 3 is 2.76 bits per heavy atom. The molecule has 2 rings (SSSR count). The molecule has 0 unspecified atom stereocenters. The largest absolute Gasteiger partial charge is 0.363 e. The summed E-state index contributed by atoms with van der Waals surface area (Å²) in [6.07, 6.45) is 4.79. The van der Waals surface area contributed by atoms with E-state index < -0.39 is 0 Å². The van der Waals surface area contributed by atoms with E-state index in [1.807, 2.05) is 31.0 Å². The van der Waals surface area contributed by atoms with Gasteiger partial charge in [0.25, 0.3) is 0 Å². The second-order valence-corrected chi connectivity index (χ2v) is 5.54. The number of thiocarbonyl (C=S) groups is 1. The molecule has 114 valence electrons. The van der Waals surface area contributed by atoms with Gasteiger partial charge in [0, 0.05) is 44.1 Å². The standard InChI is InChI=1S/C14H22N6S/c1-11-7-12(2)20(18-11)6-4-5-15-14(21)16-8-13-9-17-19(3)10-13/h7,9-10H,4-6,8H2,1-3H3,(H2,15,16,21). The predicted molar refractivity (Wildman–Crippen MR) is 87.0 cm³/mol. The van der Waals surface area contributed by atoms with Crippen molar-refractivity contribution in [1.29, 1.82) is 0 Å². The quantitative estimate of drug-likeness (QED) is 0.622. The Kier molecular flexibility index (Phi) is 5.32. The maximum Gasteiger partial charge on any atom is 0.166 e. The summed E-state index contributed by atoms with van der Waals surface area (Å²) in [6, 6.07) is 2.09. The molecule has 7 heteroatoms. The van der Waals surface area contributed by atoms with Crippen LogP contribution in [-0.4, -0.2) is 31.2 Å². The Hall–Kier alpha value is -1.89. The number of aromatic nitrogens is 4. The molecule has 0 fully saturated rings. The van der Waals surface area contributed by atoms with E-state index in [9.17, 15) is 0 Å². The van der Waals surface area contributed by atoms with Crippen LogP contribution in [0.2, 0.25) is 0 Å². The molecular formula is C14H22N6S. The lowest BCUT2D eigenvalue weighted by Gasteiger charge is -2.10. The highest BCUT2D eigenvalue weighted by atomic mass is 32.1. The van der Waals surface area contributed by atoms with Crippen LogP contribution >= 0.6 is 12.2 Å². The van der Waals surface area contributed by atoms with Gasteiger partial charge in [-0.15, -0.1) is 0 Å². The van der Waals surface area contributed by atoms with Crippen LogP contribution in [-0.2, 0) is 20.1 Å². The minimum atomic E-state index is 0.673. The van der Waals surface area contributed by atoms with E-state index in [-0.39, 0.29) is 0 Å². The van der Waals surface area contributed by atoms with Gasteiger partial charge in [-0.25, -0.2) is 0 Å². The molecule has 0 aliphatic carbocycles. The third kappa shape index (κ3) is 4.86. The Balaban J connectivity index is 1.62. The zero-order valence-electron chi connectivity index (χ0n) is 12.8. The van der Waals surface area contributed by atoms with Gasteiger partial charge in [0.2, 0.25) is 0 Å². The van der Waals surface area contributed by atoms with E-state index in [0.29, 0.717) is 11.7 Å². The molecule has 2 heterocycles. The lowest BCUT2D eigenvalue weighted by Crippen LogP contribution is -2.35. The van der Waals surface area contributed by atoms with Gasteiger partial charge in [0.05, 0.1) is 11.9 Å². The van der Waals surface area contributed by atoms with Crippen molar-refractivity contribution in [2.75, 3.05) is 6.54 Å². The molecule has 21 heavy (non-hydrogen) atoms. The average Bonchev–Trinajstić information content (AvgIpc) is 2.98. The van der Waals surface area contributed by atoms with E-state index in [4.69, 9.17) is 12.2 Å². The second kappa shape index (κ2) is 7.21. The number of aryl methyl sites for hydroxylation is 4. The van der Waals surface area contributed by atoms with Crippen LogP contribution in [0.15, 0.2) is 18.5 Å². The number of rotatable bonds is 6. The third-order valence-electron chi connectivity index (χ3n) is 3.15. The van der Waals surface area contributed by atoms with Gasteiger partial charge in [-0.3, -0.25) is 9.36 Å². The first-order valence-electron chi connectivity index (χ1n) is 7.05. The first kappa shape index (κ1) is 15.5. The highest BCUT2D eigenvalue weighted by Crippen LogP contribution is 2.02. The fourth-order valence-corrected chi connectivity index (χ4v) is 2.31. The highest BCUT2D eigenvalue weighted by molar-refractivity contribution is 7.80. The van der Waals surface area contributed by atoms with Crippen LogP contribution in [0.4, 0.5) is 0 Å². The lowest BCUT2D eigenvalue weighted by atomic mass is 10.3. The van der Waals surface area contributed by atoms with Gasteiger partial charge < -0.3 is 10.6 Å². The summed E-state index contributed by atoms with van der Waals surface area (Å²) in [7, 11) is 1.90. The van der Waals surface area contributed by atoms with E-state index in [2.05, 4.69) is 33.8 Å². The Bertz CT molecular complexity index is 600. The first-order valence-corrected chi connectivity index (χ1v) is 7.45. The van der Waals surface area contributed by atoms with Crippen molar-refractivity contribution in [1.82, 2.24) is 30.2 Å². The summed E-state index contributed by atoms with van der Waals surface area (Å²) < 4.78 is 3.81. The molecule has 2 aromatic rings. The molecule has 2 N–H and O–H groups in total. The topological polar surface area (TPSA) is 59.7 Å². The van der Waals surface area contributed by atoms with Gasteiger partial charge in [0.1, 0.15) is 0 Å². The summed E-state index contributed by atoms with van der Waals surface area (Å²) in [5.74, 6) is 0. The summed E-state index contributed by atoms with van der Waals surface area (Å²) in [6.45, 7) is 6.51. The van der Waals surface area contributed by atoms with Gasteiger partial charge >= 0.3 is 0 Å². The maximum atomic E-state index is 5.25. The van der Waals surface area contributed by atoms with E-state index in [1.165, 1.54) is 5.69 Å². The summed E-state index contributed by atoms with van der Waals surface area (Å²) in [5, 5.41) is 15.6. The average molecular weight is 306 g/mol. The third-order valence-corrected chi connectivity index (χ3v) is 3.44. The van der Waals surface area contributed by atoms with E-state index >= 15 is 0 Å². The molecule has 6 nitrogen and oxygen atoms in total. The molecule has 0 amide bonds. The van der Waals surface area contributed by atoms with Crippen LogP contribution in [0.25, 0.3) is 0 Å². The Morgan fingerprint density at radius 1 is 1.33 bits per heavy atom. The molecule has 0 aromatic carbocycles. The maximum absolute atomic E-state index is 5.25. The van der Waals surface area contributed by atoms with Crippen molar-refractivity contribution in [2.24, 2.45) is 7.05 Å². The van der Waals surface area contributed by atoms with Crippen molar-refractivity contribution in [3.05, 3.63) is 35.4 Å². The van der Waals surface area contributed by atoms with Crippen LogP contribution in [0.3, 0.4) is 0 Å². The van der Waals surface area contributed by atoms with Crippen LogP contribution in [0, 0.1) is 13.8 Å². The molecule has 0 radical (unpaired) electrons. The van der Waals surface area contributed by atoms with Gasteiger partial charge in [-0.05, 0) is 38.6 Å². The molecule has 0 saturated heterocycles. The van der Waals surface area contributed by atoms with Crippen LogP contribution < -0.4 is 10.6 Å². The number of nitrogens with one attached hydrogen (secondary N) is 2. The van der Waals surface area contributed by atoms with Crippen molar-refractivity contribution in [3.8, 4) is 0 Å². The van der Waals surface area contributed by atoms with Crippen molar-refractivity contribution in [2.45, 2.75) is 33.4 Å². The monoisotopic (exact) mass is 306 g/mol. The van der Waals surface area contributed by atoms with Crippen molar-refractivity contribution < 1.29 is 0 Å². The molecule has 0 spiro atoms. The number of hydrogen-bond acceptors (Lipinski definition) is 3. The van der Waals surface area contributed by atoms with Crippen LogP contribution in [0.5, 0.6) is 0 Å². The molecule has 0 aliphatic heterocycles. The Morgan fingerprint density at radius 2 is 2.14 bits per heavy atom. The molecular weight excluding hydrogens is 284 g/mol. The van der Waals surface area contributed by atoms with Gasteiger partial charge in [-0.1, -0.05) is 0 Å². The van der Waals surface area contributed by atoms with Crippen LogP contribution in [0.1, 0.15) is 23.4 Å². The zero-order valence-corrected chi connectivity index (χ0v) is 13.6. The molecule has 0 bridgehead atoms. The predicted octanol–water partition coefficient (Wildman–Crippen LogP) is 1.29. The zero-order chi connectivity index (χ0) is 15.2. The fourth-order valence-electron chi connectivity index (χ4n) is 2.14. The number of hydrogen-bond donors (Lipinski definition) is 2. The smallest absolute Gasteiger partial charge is 0.166 e. The molecule has 0 atom stereocenters. The van der Waals surface area contributed by atoms with Crippen molar-refractivity contribution in [3.63, 3.8) is 0 Å². The SMILES string of the molecule is Cc1cc(C)n(CCCNC(=S)NCc2cnn(C)c2)n1. The van der Waals surface area contributed by atoms with E-state index in [1.54, 1.807) is 4.68 Å². The van der Waals surface area contributed by atoms with Crippen molar-refractivity contribution >= 4 is 17.3 Å². The second-order valence-electron chi connectivity index (χ2n) is 5.14.